The van der Waals surface area contributed by atoms with Crippen molar-refractivity contribution >= 4 is 57.0 Å². The second kappa shape index (κ2) is 6.51. The van der Waals surface area contributed by atoms with Gasteiger partial charge in [0.2, 0.25) is 0 Å². The van der Waals surface area contributed by atoms with Gasteiger partial charge in [0.15, 0.2) is 0 Å². The number of nitrogens with one attached hydrogen (secondary N) is 1. The molecule has 5 nitrogen and oxygen atoms in total. The largest absolute Gasteiger partial charge is 0.378 e. The second-order valence-corrected chi connectivity index (χ2v) is 7.26. The summed E-state index contributed by atoms with van der Waals surface area (Å²) in [6, 6.07) is 10.1. The normalized spacial score (nSPS) is 20.0. The first-order chi connectivity index (χ1) is 11.7. The fourth-order valence-electron chi connectivity index (χ4n) is 2.82. The zero-order valence-electron chi connectivity index (χ0n) is 12.8. The number of thiocarbonyl (C=S) groups is 1. The number of thioether (sulfide) groups is 1. The average molecular weight is 357 g/mol. The number of carbonyl (C=O) groups excluding carboxylic acids is 1. The maximum Gasteiger partial charge on any atom is 0.263 e. The van der Waals surface area contributed by atoms with Gasteiger partial charge in [0.05, 0.1) is 23.6 Å². The first-order valence-electron chi connectivity index (χ1n) is 7.68. The quantitative estimate of drug-likeness (QED) is 0.659. The van der Waals surface area contributed by atoms with E-state index in [4.69, 9.17) is 21.9 Å². The molecule has 0 aliphatic carbocycles. The van der Waals surface area contributed by atoms with Gasteiger partial charge in [0.25, 0.3) is 5.91 Å². The van der Waals surface area contributed by atoms with Crippen LogP contribution in [0.2, 0.25) is 0 Å². The van der Waals surface area contributed by atoms with Gasteiger partial charge in [-0.15, -0.1) is 0 Å². The van der Waals surface area contributed by atoms with Crippen LogP contribution in [0.4, 0.5) is 5.82 Å². The van der Waals surface area contributed by atoms with Gasteiger partial charge >= 0.3 is 0 Å². The van der Waals surface area contributed by atoms with Crippen LogP contribution in [0.15, 0.2) is 35.2 Å². The molecule has 1 N–H and O–H groups in total. The van der Waals surface area contributed by atoms with Crippen molar-refractivity contribution in [1.29, 1.82) is 0 Å². The number of fused-ring (bicyclic) bond motifs is 1. The molecule has 0 atom stereocenters. The van der Waals surface area contributed by atoms with Crippen molar-refractivity contribution in [2.24, 2.45) is 0 Å². The summed E-state index contributed by atoms with van der Waals surface area (Å²) >= 11 is 6.36. The number of para-hydroxylation sites is 1. The van der Waals surface area contributed by atoms with Gasteiger partial charge in [-0.1, -0.05) is 42.2 Å². The van der Waals surface area contributed by atoms with Crippen LogP contribution in [-0.4, -0.2) is 41.5 Å². The number of amides is 1. The highest BCUT2D eigenvalue weighted by Gasteiger charge is 2.24. The number of aromatic nitrogens is 1. The molecule has 2 fully saturated rings. The van der Waals surface area contributed by atoms with Crippen LogP contribution < -0.4 is 10.2 Å². The molecule has 2 aliphatic heterocycles. The molecule has 4 rings (SSSR count). The Morgan fingerprint density at radius 2 is 2.08 bits per heavy atom. The topological polar surface area (TPSA) is 54.5 Å². The van der Waals surface area contributed by atoms with E-state index in [2.05, 4.69) is 16.3 Å². The van der Waals surface area contributed by atoms with Gasteiger partial charge in [0, 0.05) is 24.0 Å². The van der Waals surface area contributed by atoms with E-state index < -0.39 is 0 Å². The summed E-state index contributed by atoms with van der Waals surface area (Å²) in [5, 5.41) is 3.70. The Kier molecular flexibility index (Phi) is 4.22. The third kappa shape index (κ3) is 3.02. The van der Waals surface area contributed by atoms with E-state index in [1.54, 1.807) is 0 Å². The summed E-state index contributed by atoms with van der Waals surface area (Å²) in [4.78, 5) is 19.6. The lowest BCUT2D eigenvalue weighted by Crippen LogP contribution is -2.37. The van der Waals surface area contributed by atoms with Crippen molar-refractivity contribution in [3.8, 4) is 0 Å². The van der Waals surface area contributed by atoms with Crippen molar-refractivity contribution in [1.82, 2.24) is 10.3 Å². The van der Waals surface area contributed by atoms with Crippen LogP contribution in [0.25, 0.3) is 17.0 Å². The number of benzene rings is 1. The molecule has 1 amide bonds. The van der Waals surface area contributed by atoms with Crippen LogP contribution >= 0.6 is 24.0 Å². The van der Waals surface area contributed by atoms with Gasteiger partial charge in [-0.05, 0) is 18.2 Å². The third-order valence-corrected chi connectivity index (χ3v) is 5.13. The SMILES string of the molecule is O=C1NC(=S)S/C1=C\c1cc2ccccc2nc1N1CCOCC1. The number of nitrogens with zero attached hydrogens (tertiary/aromatic N) is 2. The summed E-state index contributed by atoms with van der Waals surface area (Å²) in [7, 11) is 0. The summed E-state index contributed by atoms with van der Waals surface area (Å²) in [6.45, 7) is 2.95. The van der Waals surface area contributed by atoms with E-state index in [1.807, 2.05) is 30.3 Å². The fourth-order valence-corrected chi connectivity index (χ4v) is 3.85. The van der Waals surface area contributed by atoms with Crippen LogP contribution in [0.3, 0.4) is 0 Å². The Labute approximate surface area is 149 Å². The molecule has 122 valence electrons. The zero-order valence-corrected chi connectivity index (χ0v) is 14.5. The highest BCUT2D eigenvalue weighted by Crippen LogP contribution is 2.31. The lowest BCUT2D eigenvalue weighted by molar-refractivity contribution is -0.115. The molecule has 0 saturated carbocycles. The maximum atomic E-state index is 12.0. The summed E-state index contributed by atoms with van der Waals surface area (Å²) in [5.74, 6) is 0.738. The van der Waals surface area contributed by atoms with Gasteiger partial charge in [-0.25, -0.2) is 4.98 Å². The third-order valence-electron chi connectivity index (χ3n) is 3.97. The van der Waals surface area contributed by atoms with E-state index in [9.17, 15) is 4.79 Å². The Morgan fingerprint density at radius 3 is 2.83 bits per heavy atom. The standard InChI is InChI=1S/C17H15N3O2S2/c21-16-14(24-17(23)19-16)10-12-9-11-3-1-2-4-13(11)18-15(12)20-5-7-22-8-6-20/h1-4,9-10H,5-8H2,(H,19,21,23)/b14-10-. The molecule has 0 bridgehead atoms. The smallest absolute Gasteiger partial charge is 0.263 e. The molecule has 24 heavy (non-hydrogen) atoms. The van der Waals surface area contributed by atoms with Gasteiger partial charge in [-0.2, -0.15) is 0 Å². The Bertz CT molecular complexity index is 860. The summed E-state index contributed by atoms with van der Waals surface area (Å²) < 4.78 is 5.94. The van der Waals surface area contributed by atoms with E-state index in [0.717, 1.165) is 35.4 Å². The number of carbonyl (C=O) groups is 1. The van der Waals surface area contributed by atoms with Gasteiger partial charge in [-0.3, -0.25) is 4.79 Å². The number of hydrogen-bond acceptors (Lipinski definition) is 6. The Hall–Kier alpha value is -1.96. The summed E-state index contributed by atoms with van der Waals surface area (Å²) in [5.41, 5.74) is 1.87. The first-order valence-corrected chi connectivity index (χ1v) is 8.90. The number of morpholine rings is 1. The Balaban J connectivity index is 1.83. The average Bonchev–Trinajstić information content (AvgIpc) is 2.92. The van der Waals surface area contributed by atoms with E-state index in [1.165, 1.54) is 11.8 Å². The molecular formula is C17H15N3O2S2. The lowest BCUT2D eigenvalue weighted by atomic mass is 10.1. The molecule has 1 aromatic heterocycles. The maximum absolute atomic E-state index is 12.0. The van der Waals surface area contributed by atoms with Crippen molar-refractivity contribution in [2.45, 2.75) is 0 Å². The van der Waals surface area contributed by atoms with Crippen molar-refractivity contribution < 1.29 is 9.53 Å². The molecule has 7 heteroatoms. The fraction of sp³-hybridized carbons (Fsp3) is 0.235. The van der Waals surface area contributed by atoms with Crippen molar-refractivity contribution in [2.75, 3.05) is 31.2 Å². The van der Waals surface area contributed by atoms with Crippen LogP contribution in [-0.2, 0) is 9.53 Å². The predicted molar refractivity (Wildman–Crippen MR) is 101 cm³/mol. The molecule has 1 aromatic carbocycles. The van der Waals surface area contributed by atoms with E-state index in [0.29, 0.717) is 22.4 Å². The van der Waals surface area contributed by atoms with Crippen LogP contribution in [0.1, 0.15) is 5.56 Å². The highest BCUT2D eigenvalue weighted by molar-refractivity contribution is 8.26. The number of pyridine rings is 1. The second-order valence-electron chi connectivity index (χ2n) is 5.55. The number of rotatable bonds is 2. The molecule has 2 saturated heterocycles. The predicted octanol–water partition coefficient (Wildman–Crippen LogP) is 2.56. The van der Waals surface area contributed by atoms with Gasteiger partial charge in [0.1, 0.15) is 10.1 Å². The number of hydrogen-bond donors (Lipinski definition) is 1. The van der Waals surface area contributed by atoms with Gasteiger partial charge < -0.3 is 15.0 Å². The molecule has 2 aliphatic rings. The van der Waals surface area contributed by atoms with Crippen molar-refractivity contribution in [3.63, 3.8) is 0 Å². The van der Waals surface area contributed by atoms with Crippen LogP contribution in [0, 0.1) is 0 Å². The van der Waals surface area contributed by atoms with Crippen LogP contribution in [0.5, 0.6) is 0 Å². The molecule has 0 radical (unpaired) electrons. The van der Waals surface area contributed by atoms with E-state index in [-0.39, 0.29) is 5.91 Å². The Morgan fingerprint density at radius 1 is 1.29 bits per heavy atom. The molecular weight excluding hydrogens is 342 g/mol. The molecule has 2 aromatic rings. The minimum absolute atomic E-state index is 0.147. The monoisotopic (exact) mass is 357 g/mol. The zero-order chi connectivity index (χ0) is 16.5. The highest BCUT2D eigenvalue weighted by atomic mass is 32.2. The number of ether oxygens (including phenoxy) is 1. The molecule has 3 heterocycles. The van der Waals surface area contributed by atoms with E-state index >= 15 is 0 Å². The minimum atomic E-state index is -0.147. The minimum Gasteiger partial charge on any atom is -0.378 e. The first kappa shape index (κ1) is 15.6. The molecule has 0 unspecified atom stereocenters. The lowest BCUT2D eigenvalue weighted by Gasteiger charge is -2.29. The molecule has 0 spiro atoms. The number of anilines is 1. The van der Waals surface area contributed by atoms with Crippen molar-refractivity contribution in [3.05, 3.63) is 40.8 Å². The summed E-state index contributed by atoms with van der Waals surface area (Å²) in [6.07, 6.45) is 1.88.